The maximum Gasteiger partial charge on any atom is 0.350 e. The van der Waals surface area contributed by atoms with Crippen molar-refractivity contribution >= 4 is 17.2 Å². The zero-order valence-corrected chi connectivity index (χ0v) is 18.1. The Kier molecular flexibility index (Phi) is 5.46. The first kappa shape index (κ1) is 21.3. The molecule has 0 saturated heterocycles. The molecule has 0 aliphatic carbocycles. The number of pyridine rings is 1. The van der Waals surface area contributed by atoms with Crippen LogP contribution < -0.4 is 11.0 Å². The number of para-hydroxylation sites is 1. The van der Waals surface area contributed by atoms with Gasteiger partial charge < -0.3 is 9.84 Å². The molecule has 0 spiro atoms. The minimum atomic E-state index is -0.486. The number of nitrogens with one attached hydrogen (secondary N) is 1. The molecule has 0 bridgehead atoms. The number of rotatable bonds is 6. The number of benzene rings is 2. The molecule has 5 rings (SSSR count). The molecule has 0 fully saturated rings. The zero-order chi connectivity index (χ0) is 23.7. The van der Waals surface area contributed by atoms with Crippen LogP contribution in [0.25, 0.3) is 28.5 Å². The third-order valence-electron chi connectivity index (χ3n) is 5.31. The molecule has 0 saturated carbocycles. The molecule has 0 aliphatic rings. The van der Waals surface area contributed by atoms with E-state index in [0.29, 0.717) is 16.8 Å². The standard InChI is InChI=1S/C24H19FN6O3/c1-2-15-7-3-4-11-19(15)26-20(32)14-31-24(33)30-12-6-10-18(22(30)28-31)23-27-21(29-34-23)16-8-5-9-17(25)13-16/h3-13H,2,14H2,1H3,(H,26,32). The number of anilines is 1. The Morgan fingerprint density at radius 3 is 2.79 bits per heavy atom. The highest BCUT2D eigenvalue weighted by atomic mass is 19.1. The monoisotopic (exact) mass is 458 g/mol. The average Bonchev–Trinajstić information content (AvgIpc) is 3.45. The minimum Gasteiger partial charge on any atom is -0.333 e. The van der Waals surface area contributed by atoms with Crippen molar-refractivity contribution in [1.82, 2.24) is 24.3 Å². The molecule has 3 aromatic heterocycles. The Morgan fingerprint density at radius 2 is 1.97 bits per heavy atom. The van der Waals surface area contributed by atoms with Gasteiger partial charge in [0, 0.05) is 17.4 Å². The maximum atomic E-state index is 13.6. The van der Waals surface area contributed by atoms with Crippen molar-refractivity contribution in [3.8, 4) is 22.8 Å². The summed E-state index contributed by atoms with van der Waals surface area (Å²) < 4.78 is 21.3. The zero-order valence-electron chi connectivity index (χ0n) is 18.1. The largest absolute Gasteiger partial charge is 0.350 e. The van der Waals surface area contributed by atoms with Gasteiger partial charge in [0.2, 0.25) is 11.7 Å². The quantitative estimate of drug-likeness (QED) is 0.417. The fraction of sp³-hybridized carbons (Fsp3) is 0.125. The van der Waals surface area contributed by atoms with E-state index >= 15 is 0 Å². The van der Waals surface area contributed by atoms with Crippen LogP contribution in [0.1, 0.15) is 12.5 Å². The third kappa shape index (κ3) is 3.96. The Balaban J connectivity index is 1.45. The number of halogens is 1. The van der Waals surface area contributed by atoms with Crippen LogP contribution in [0.15, 0.2) is 76.2 Å². The topological polar surface area (TPSA) is 107 Å². The number of carbonyl (C=O) groups excluding carboxylic acids is 1. The van der Waals surface area contributed by atoms with Gasteiger partial charge in [-0.05, 0) is 42.3 Å². The van der Waals surface area contributed by atoms with Crippen molar-refractivity contribution < 1.29 is 13.7 Å². The summed E-state index contributed by atoms with van der Waals surface area (Å²) in [5.74, 6) is -0.481. The van der Waals surface area contributed by atoms with Gasteiger partial charge in [-0.3, -0.25) is 4.79 Å². The minimum absolute atomic E-state index is 0.114. The molecule has 0 atom stereocenters. The van der Waals surface area contributed by atoms with Crippen molar-refractivity contribution in [2.75, 3.05) is 5.32 Å². The van der Waals surface area contributed by atoms with Gasteiger partial charge >= 0.3 is 5.69 Å². The first-order chi connectivity index (χ1) is 16.5. The molecule has 0 radical (unpaired) electrons. The van der Waals surface area contributed by atoms with E-state index in [1.165, 1.54) is 16.5 Å². The van der Waals surface area contributed by atoms with E-state index in [4.69, 9.17) is 4.52 Å². The second-order valence-electron chi connectivity index (χ2n) is 7.55. The van der Waals surface area contributed by atoms with Gasteiger partial charge in [0.25, 0.3) is 5.89 Å². The van der Waals surface area contributed by atoms with E-state index in [1.807, 2.05) is 31.2 Å². The molecule has 1 N–H and O–H groups in total. The molecular formula is C24H19FN6O3. The lowest BCUT2D eigenvalue weighted by atomic mass is 10.1. The van der Waals surface area contributed by atoms with Crippen molar-refractivity contribution in [1.29, 1.82) is 0 Å². The van der Waals surface area contributed by atoms with Crippen LogP contribution in [0.5, 0.6) is 0 Å². The van der Waals surface area contributed by atoms with E-state index in [1.54, 1.807) is 30.5 Å². The first-order valence-electron chi connectivity index (χ1n) is 10.6. The number of aromatic nitrogens is 5. The number of carbonyl (C=O) groups is 1. The van der Waals surface area contributed by atoms with Crippen LogP contribution in [0.4, 0.5) is 10.1 Å². The summed E-state index contributed by atoms with van der Waals surface area (Å²) in [5, 5.41) is 11.1. The summed E-state index contributed by atoms with van der Waals surface area (Å²) >= 11 is 0. The molecule has 1 amide bonds. The van der Waals surface area contributed by atoms with Crippen molar-refractivity contribution in [3.63, 3.8) is 0 Å². The molecule has 10 heteroatoms. The Morgan fingerprint density at radius 1 is 1.12 bits per heavy atom. The number of fused-ring (bicyclic) bond motifs is 1. The molecular weight excluding hydrogens is 439 g/mol. The summed E-state index contributed by atoms with van der Waals surface area (Å²) in [6.07, 6.45) is 2.30. The lowest BCUT2D eigenvalue weighted by Crippen LogP contribution is -2.28. The van der Waals surface area contributed by atoms with Crippen LogP contribution in [0, 0.1) is 5.82 Å². The lowest BCUT2D eigenvalue weighted by Gasteiger charge is -2.09. The van der Waals surface area contributed by atoms with Crippen LogP contribution in [-0.2, 0) is 17.8 Å². The molecule has 34 heavy (non-hydrogen) atoms. The van der Waals surface area contributed by atoms with E-state index in [2.05, 4.69) is 20.6 Å². The van der Waals surface area contributed by atoms with E-state index in [9.17, 15) is 14.0 Å². The molecule has 3 heterocycles. The van der Waals surface area contributed by atoms with E-state index < -0.39 is 11.5 Å². The SMILES string of the molecule is CCc1ccccc1NC(=O)Cn1nc2c(-c3nc(-c4cccc(F)c4)no3)cccn2c1=O. The predicted molar refractivity (Wildman–Crippen MR) is 123 cm³/mol. The van der Waals surface area contributed by atoms with Gasteiger partial charge in [-0.15, -0.1) is 5.10 Å². The second-order valence-corrected chi connectivity index (χ2v) is 7.55. The smallest absolute Gasteiger partial charge is 0.333 e. The van der Waals surface area contributed by atoms with Crippen molar-refractivity contribution in [2.24, 2.45) is 0 Å². The summed E-state index contributed by atoms with van der Waals surface area (Å²) in [5.41, 5.74) is 2.32. The number of hydrogen-bond donors (Lipinski definition) is 1. The summed E-state index contributed by atoms with van der Waals surface area (Å²) in [6, 6.07) is 16.6. The van der Waals surface area contributed by atoms with E-state index in [-0.39, 0.29) is 29.8 Å². The van der Waals surface area contributed by atoms with Crippen LogP contribution in [0.3, 0.4) is 0 Å². The van der Waals surface area contributed by atoms with Gasteiger partial charge in [0.05, 0.1) is 5.56 Å². The first-order valence-corrected chi connectivity index (χ1v) is 10.6. The summed E-state index contributed by atoms with van der Waals surface area (Å²) in [6.45, 7) is 1.73. The number of hydrogen-bond acceptors (Lipinski definition) is 6. The summed E-state index contributed by atoms with van der Waals surface area (Å²) in [4.78, 5) is 29.8. The molecule has 9 nitrogen and oxygen atoms in total. The van der Waals surface area contributed by atoms with E-state index in [0.717, 1.165) is 16.7 Å². The molecule has 0 aliphatic heterocycles. The Labute approximate surface area is 192 Å². The van der Waals surface area contributed by atoms with Gasteiger partial charge in [-0.1, -0.05) is 42.4 Å². The summed E-state index contributed by atoms with van der Waals surface area (Å²) in [7, 11) is 0. The van der Waals surface area contributed by atoms with Gasteiger partial charge in [-0.2, -0.15) is 4.98 Å². The highest BCUT2D eigenvalue weighted by Crippen LogP contribution is 2.25. The van der Waals surface area contributed by atoms with Crippen LogP contribution in [-0.4, -0.2) is 30.2 Å². The number of aryl methyl sites for hydroxylation is 1. The average molecular weight is 458 g/mol. The maximum absolute atomic E-state index is 13.6. The predicted octanol–water partition coefficient (Wildman–Crippen LogP) is 3.55. The normalized spacial score (nSPS) is 11.1. The van der Waals surface area contributed by atoms with Crippen LogP contribution >= 0.6 is 0 Å². The number of amides is 1. The highest BCUT2D eigenvalue weighted by molar-refractivity contribution is 5.91. The van der Waals surface area contributed by atoms with Crippen molar-refractivity contribution in [3.05, 3.63) is 88.7 Å². The second kappa shape index (κ2) is 8.74. The number of nitrogens with zero attached hydrogens (tertiary/aromatic N) is 5. The fourth-order valence-electron chi connectivity index (χ4n) is 3.66. The molecule has 5 aromatic rings. The van der Waals surface area contributed by atoms with Gasteiger partial charge in [0.15, 0.2) is 5.65 Å². The van der Waals surface area contributed by atoms with Gasteiger partial charge in [-0.25, -0.2) is 18.3 Å². The highest BCUT2D eigenvalue weighted by Gasteiger charge is 2.19. The van der Waals surface area contributed by atoms with Gasteiger partial charge in [0.1, 0.15) is 12.4 Å². The Bertz CT molecular complexity index is 1570. The third-order valence-corrected chi connectivity index (χ3v) is 5.31. The molecule has 170 valence electrons. The Hall–Kier alpha value is -4.60. The van der Waals surface area contributed by atoms with Crippen molar-refractivity contribution in [2.45, 2.75) is 19.9 Å². The fourth-order valence-corrected chi connectivity index (χ4v) is 3.66. The molecule has 2 aromatic carbocycles. The lowest BCUT2D eigenvalue weighted by molar-refractivity contribution is -0.117. The molecule has 0 unspecified atom stereocenters. The van der Waals surface area contributed by atoms with Crippen LogP contribution in [0.2, 0.25) is 0 Å².